The number of carbonyl (C=O) groups is 2. The third kappa shape index (κ3) is 4.96. The number of amides is 2. The summed E-state index contributed by atoms with van der Waals surface area (Å²) in [6.45, 7) is 7.14. The Bertz CT molecular complexity index is 703. The summed E-state index contributed by atoms with van der Waals surface area (Å²) in [5.74, 6) is -0.343. The zero-order valence-electron chi connectivity index (χ0n) is 15.5. The number of nitriles is 1. The van der Waals surface area contributed by atoms with Gasteiger partial charge in [-0.2, -0.15) is 5.26 Å². The van der Waals surface area contributed by atoms with Crippen LogP contribution in [-0.2, 0) is 9.53 Å². The van der Waals surface area contributed by atoms with Crippen molar-refractivity contribution >= 4 is 12.0 Å². The highest BCUT2D eigenvalue weighted by molar-refractivity contribution is 5.86. The largest absolute Gasteiger partial charge is 0.444 e. The van der Waals surface area contributed by atoms with Crippen molar-refractivity contribution in [2.24, 2.45) is 0 Å². The Morgan fingerprint density at radius 3 is 2.50 bits per heavy atom. The van der Waals surface area contributed by atoms with Gasteiger partial charge in [0.05, 0.1) is 30.3 Å². The first-order valence-electron chi connectivity index (χ1n) is 8.59. The second-order valence-corrected chi connectivity index (χ2v) is 7.50. The van der Waals surface area contributed by atoms with Gasteiger partial charge in [-0.15, -0.1) is 0 Å². The Morgan fingerprint density at radius 1 is 1.35 bits per heavy atom. The molecule has 7 heteroatoms. The molecule has 1 saturated heterocycles. The summed E-state index contributed by atoms with van der Waals surface area (Å²) in [7, 11) is 0. The summed E-state index contributed by atoms with van der Waals surface area (Å²) in [4.78, 5) is 26.3. The Morgan fingerprint density at radius 2 is 1.96 bits per heavy atom. The molecule has 1 heterocycles. The lowest BCUT2D eigenvalue weighted by molar-refractivity contribution is -0.126. The summed E-state index contributed by atoms with van der Waals surface area (Å²) >= 11 is 0. The number of rotatable bonds is 3. The summed E-state index contributed by atoms with van der Waals surface area (Å²) in [6, 6.07) is 7.89. The molecule has 1 aliphatic rings. The lowest BCUT2D eigenvalue weighted by Gasteiger charge is -2.28. The van der Waals surface area contributed by atoms with Crippen molar-refractivity contribution in [2.45, 2.75) is 57.9 Å². The Balaban J connectivity index is 2.06. The van der Waals surface area contributed by atoms with E-state index in [1.54, 1.807) is 45.0 Å². The number of nitrogens with one attached hydrogen (secondary N) is 1. The molecule has 1 aromatic rings. The summed E-state index contributed by atoms with van der Waals surface area (Å²) in [5, 5.41) is 21.6. The predicted octanol–water partition coefficient (Wildman–Crippen LogP) is 2.11. The minimum Gasteiger partial charge on any atom is -0.444 e. The third-order valence-electron chi connectivity index (χ3n) is 4.11. The van der Waals surface area contributed by atoms with Crippen LogP contribution in [0.4, 0.5) is 4.79 Å². The van der Waals surface area contributed by atoms with Gasteiger partial charge in [0.15, 0.2) is 0 Å². The zero-order chi connectivity index (χ0) is 19.5. The second-order valence-electron chi connectivity index (χ2n) is 7.50. The fraction of sp³-hybridized carbons (Fsp3) is 0.526. The number of nitrogens with zero attached hydrogens (tertiary/aromatic N) is 2. The quantitative estimate of drug-likeness (QED) is 0.860. The van der Waals surface area contributed by atoms with Crippen LogP contribution in [0.3, 0.4) is 0 Å². The van der Waals surface area contributed by atoms with Gasteiger partial charge in [0, 0.05) is 6.42 Å². The van der Waals surface area contributed by atoms with Crippen molar-refractivity contribution in [3.8, 4) is 6.07 Å². The maximum atomic E-state index is 12.7. The normalized spacial score (nSPS) is 21.0. The van der Waals surface area contributed by atoms with Gasteiger partial charge in [-0.1, -0.05) is 12.1 Å². The highest BCUT2D eigenvalue weighted by Crippen LogP contribution is 2.23. The highest BCUT2D eigenvalue weighted by Gasteiger charge is 2.41. The van der Waals surface area contributed by atoms with Crippen molar-refractivity contribution in [3.63, 3.8) is 0 Å². The Labute approximate surface area is 153 Å². The minimum atomic E-state index is -0.777. The van der Waals surface area contributed by atoms with Crippen molar-refractivity contribution < 1.29 is 19.4 Å². The molecular formula is C19H25N3O4. The standard InChI is InChI=1S/C19H25N3O4/c1-12(14-7-5-13(10-20)6-8-14)21-17(24)16-9-15(23)11-22(16)18(25)26-19(2,3)4/h5-8,12,15-16,23H,9,11H2,1-4H3,(H,21,24)/t12-,15+,16-/m0/s1. The van der Waals surface area contributed by atoms with E-state index in [1.807, 2.05) is 13.0 Å². The molecule has 26 heavy (non-hydrogen) atoms. The van der Waals surface area contributed by atoms with Crippen LogP contribution in [0.1, 0.15) is 51.3 Å². The van der Waals surface area contributed by atoms with Crippen molar-refractivity contribution in [3.05, 3.63) is 35.4 Å². The molecule has 140 valence electrons. The van der Waals surface area contributed by atoms with E-state index in [0.29, 0.717) is 5.56 Å². The molecule has 0 aliphatic carbocycles. The Hall–Kier alpha value is -2.59. The summed E-state index contributed by atoms with van der Waals surface area (Å²) in [5.41, 5.74) is 0.712. The van der Waals surface area contributed by atoms with Gasteiger partial charge in [0.1, 0.15) is 11.6 Å². The van der Waals surface area contributed by atoms with Crippen molar-refractivity contribution in [2.75, 3.05) is 6.54 Å². The van der Waals surface area contributed by atoms with Crippen LogP contribution >= 0.6 is 0 Å². The van der Waals surface area contributed by atoms with E-state index in [9.17, 15) is 14.7 Å². The molecule has 7 nitrogen and oxygen atoms in total. The first-order valence-corrected chi connectivity index (χ1v) is 8.59. The number of aliphatic hydroxyl groups is 1. The van der Waals surface area contributed by atoms with Crippen LogP contribution in [0.25, 0.3) is 0 Å². The summed E-state index contributed by atoms with van der Waals surface area (Å²) in [6.07, 6.45) is -1.20. The number of carbonyl (C=O) groups excluding carboxylic acids is 2. The fourth-order valence-corrected chi connectivity index (χ4v) is 2.82. The molecule has 0 radical (unpaired) electrons. The van der Waals surface area contributed by atoms with E-state index in [2.05, 4.69) is 5.32 Å². The molecule has 1 aliphatic heterocycles. The topological polar surface area (TPSA) is 103 Å². The fourth-order valence-electron chi connectivity index (χ4n) is 2.82. The van der Waals surface area contributed by atoms with E-state index in [0.717, 1.165) is 5.56 Å². The predicted molar refractivity (Wildman–Crippen MR) is 95.1 cm³/mol. The SMILES string of the molecule is C[C@H](NC(=O)[C@@H]1C[C@@H](O)CN1C(=O)OC(C)(C)C)c1ccc(C#N)cc1. The first-order chi connectivity index (χ1) is 12.1. The average molecular weight is 359 g/mol. The van der Waals surface area contributed by atoms with Gasteiger partial charge >= 0.3 is 6.09 Å². The van der Waals surface area contributed by atoms with Crippen LogP contribution in [0.5, 0.6) is 0 Å². The van der Waals surface area contributed by atoms with E-state index in [4.69, 9.17) is 10.00 Å². The Kier molecular flexibility index (Phi) is 5.88. The molecule has 0 aromatic heterocycles. The number of hydrogen-bond donors (Lipinski definition) is 2. The molecule has 1 aromatic carbocycles. The number of ether oxygens (including phenoxy) is 1. The molecule has 0 bridgehead atoms. The maximum Gasteiger partial charge on any atom is 0.411 e. The molecular weight excluding hydrogens is 334 g/mol. The molecule has 2 N–H and O–H groups in total. The van der Waals surface area contributed by atoms with Crippen LogP contribution in [0, 0.1) is 11.3 Å². The van der Waals surface area contributed by atoms with Gasteiger partial charge in [0.2, 0.25) is 5.91 Å². The number of likely N-dealkylation sites (tertiary alicyclic amines) is 1. The van der Waals surface area contributed by atoms with Crippen LogP contribution in [-0.4, -0.2) is 46.3 Å². The van der Waals surface area contributed by atoms with E-state index in [1.165, 1.54) is 4.90 Å². The van der Waals surface area contributed by atoms with E-state index < -0.39 is 23.8 Å². The van der Waals surface area contributed by atoms with Gasteiger partial charge in [-0.3, -0.25) is 9.69 Å². The summed E-state index contributed by atoms with van der Waals surface area (Å²) < 4.78 is 5.33. The molecule has 0 saturated carbocycles. The van der Waals surface area contributed by atoms with Crippen LogP contribution in [0.2, 0.25) is 0 Å². The minimum absolute atomic E-state index is 0.0677. The lowest BCUT2D eigenvalue weighted by Crippen LogP contribution is -2.48. The monoisotopic (exact) mass is 359 g/mol. The zero-order valence-corrected chi connectivity index (χ0v) is 15.5. The van der Waals surface area contributed by atoms with Crippen molar-refractivity contribution in [1.29, 1.82) is 5.26 Å². The molecule has 2 rings (SSSR count). The first kappa shape index (κ1) is 19.7. The smallest absolute Gasteiger partial charge is 0.411 e. The molecule has 1 fully saturated rings. The average Bonchev–Trinajstić information content (AvgIpc) is 2.95. The van der Waals surface area contributed by atoms with Crippen LogP contribution in [0.15, 0.2) is 24.3 Å². The van der Waals surface area contributed by atoms with E-state index in [-0.39, 0.29) is 24.9 Å². The van der Waals surface area contributed by atoms with Gasteiger partial charge in [-0.25, -0.2) is 4.79 Å². The lowest BCUT2D eigenvalue weighted by atomic mass is 10.1. The third-order valence-corrected chi connectivity index (χ3v) is 4.11. The second kappa shape index (κ2) is 7.75. The van der Waals surface area contributed by atoms with Crippen LogP contribution < -0.4 is 5.32 Å². The number of hydrogen-bond acceptors (Lipinski definition) is 5. The molecule has 3 atom stereocenters. The van der Waals surface area contributed by atoms with Crippen molar-refractivity contribution in [1.82, 2.24) is 10.2 Å². The molecule has 2 amide bonds. The molecule has 0 unspecified atom stereocenters. The van der Waals surface area contributed by atoms with E-state index >= 15 is 0 Å². The number of β-amino-alcohol motifs (C(OH)–C–C–N with tert-alkyl or cyclic N) is 1. The number of aliphatic hydroxyl groups excluding tert-OH is 1. The molecule has 0 spiro atoms. The van der Waals surface area contributed by atoms with Gasteiger partial charge < -0.3 is 15.2 Å². The van der Waals surface area contributed by atoms with Gasteiger partial charge in [-0.05, 0) is 45.4 Å². The highest BCUT2D eigenvalue weighted by atomic mass is 16.6. The number of benzene rings is 1. The van der Waals surface area contributed by atoms with Gasteiger partial charge in [0.25, 0.3) is 0 Å². The maximum absolute atomic E-state index is 12.7.